The lowest BCUT2D eigenvalue weighted by Crippen LogP contribution is -2.22. The number of carbonyl (C=O) groups is 1. The largest absolute Gasteiger partial charge is 0.493 e. The van der Waals surface area contributed by atoms with E-state index in [1.165, 1.54) is 13.2 Å². The average molecular weight is 217 g/mol. The maximum Gasteiger partial charge on any atom is 0.323 e. The predicted molar refractivity (Wildman–Crippen MR) is 53.2 cm³/mol. The zero-order chi connectivity index (χ0) is 10.6. The van der Waals surface area contributed by atoms with Crippen LogP contribution in [0.25, 0.3) is 0 Å². The number of aliphatic hydroxyl groups is 1. The van der Waals surface area contributed by atoms with Gasteiger partial charge in [-0.1, -0.05) is 0 Å². The van der Waals surface area contributed by atoms with Gasteiger partial charge in [0.15, 0.2) is 0 Å². The number of ether oxygens (including phenoxy) is 2. The second-order valence-electron chi connectivity index (χ2n) is 2.40. The molecule has 78 valence electrons. The van der Waals surface area contributed by atoms with Crippen molar-refractivity contribution in [2.75, 3.05) is 13.7 Å². The van der Waals surface area contributed by atoms with Gasteiger partial charge in [0, 0.05) is 6.08 Å². The topological polar surface area (TPSA) is 68.1 Å². The van der Waals surface area contributed by atoms with Crippen molar-refractivity contribution < 1.29 is 19.4 Å². The second kappa shape index (κ2) is 4.90. The van der Waals surface area contributed by atoms with Crippen LogP contribution in [0.4, 0.5) is 0 Å². The Morgan fingerprint density at radius 3 is 3.07 bits per heavy atom. The van der Waals surface area contributed by atoms with E-state index < -0.39 is 11.2 Å². The lowest BCUT2D eigenvalue weighted by Gasteiger charge is -2.15. The highest BCUT2D eigenvalue weighted by Crippen LogP contribution is 2.23. The van der Waals surface area contributed by atoms with E-state index in [-0.39, 0.29) is 11.1 Å². The van der Waals surface area contributed by atoms with E-state index in [9.17, 15) is 9.90 Å². The third kappa shape index (κ3) is 2.66. The van der Waals surface area contributed by atoms with Crippen LogP contribution in [0.15, 0.2) is 17.0 Å². The van der Waals surface area contributed by atoms with E-state index in [0.717, 1.165) is 11.8 Å². The monoisotopic (exact) mass is 217 g/mol. The number of aliphatic imine (C=N–C) groups is 1. The van der Waals surface area contributed by atoms with Gasteiger partial charge in [-0.05, 0) is 18.7 Å². The maximum absolute atomic E-state index is 11.2. The zero-order valence-corrected chi connectivity index (χ0v) is 8.71. The van der Waals surface area contributed by atoms with Gasteiger partial charge in [0.05, 0.1) is 13.7 Å². The molecule has 5 nitrogen and oxygen atoms in total. The van der Waals surface area contributed by atoms with Crippen molar-refractivity contribution in [3.8, 4) is 0 Å². The SMILES string of the molecule is CCOC1=NC(O)=CC(C(=O)OC)S1. The lowest BCUT2D eigenvalue weighted by molar-refractivity contribution is -0.139. The minimum absolute atomic E-state index is 0.220. The number of aliphatic hydroxyl groups excluding tert-OH is 1. The Morgan fingerprint density at radius 2 is 2.50 bits per heavy atom. The Morgan fingerprint density at radius 1 is 1.79 bits per heavy atom. The number of carbonyl (C=O) groups excluding carboxylic acids is 1. The van der Waals surface area contributed by atoms with E-state index in [2.05, 4.69) is 9.73 Å². The number of esters is 1. The van der Waals surface area contributed by atoms with Crippen LogP contribution in [-0.4, -0.2) is 35.3 Å². The molecule has 14 heavy (non-hydrogen) atoms. The third-order valence-corrected chi connectivity index (χ3v) is 2.43. The average Bonchev–Trinajstić information content (AvgIpc) is 2.16. The van der Waals surface area contributed by atoms with Gasteiger partial charge in [0.2, 0.25) is 5.88 Å². The first kappa shape index (κ1) is 10.9. The molecule has 0 fully saturated rings. The quantitative estimate of drug-likeness (QED) is 0.700. The van der Waals surface area contributed by atoms with Crippen molar-refractivity contribution >= 4 is 23.0 Å². The summed E-state index contributed by atoms with van der Waals surface area (Å²) in [6.45, 7) is 2.23. The molecular weight excluding hydrogens is 206 g/mol. The Bertz CT molecular complexity index is 287. The number of hydrogen-bond acceptors (Lipinski definition) is 6. The van der Waals surface area contributed by atoms with Crippen molar-refractivity contribution in [3.63, 3.8) is 0 Å². The summed E-state index contributed by atoms with van der Waals surface area (Å²) in [5.41, 5.74) is 0. The summed E-state index contributed by atoms with van der Waals surface area (Å²) in [7, 11) is 1.29. The van der Waals surface area contributed by atoms with Gasteiger partial charge in [-0.2, -0.15) is 4.99 Å². The standard InChI is InChI=1S/C8H11NO4S/c1-3-13-8-9-6(10)4-5(14-8)7(11)12-2/h4-5,10H,3H2,1-2H3. The van der Waals surface area contributed by atoms with Crippen molar-refractivity contribution in [1.29, 1.82) is 0 Å². The molecule has 1 N–H and O–H groups in total. The fraction of sp³-hybridized carbons (Fsp3) is 0.500. The maximum atomic E-state index is 11.2. The molecule has 0 saturated carbocycles. The summed E-state index contributed by atoms with van der Waals surface area (Å²) in [5, 5.41) is 8.89. The molecule has 0 aromatic carbocycles. The van der Waals surface area contributed by atoms with Crippen molar-refractivity contribution in [2.45, 2.75) is 12.2 Å². The predicted octanol–water partition coefficient (Wildman–Crippen LogP) is 1.07. The van der Waals surface area contributed by atoms with Gasteiger partial charge in [-0.3, -0.25) is 4.79 Å². The molecule has 1 aliphatic rings. The summed E-state index contributed by atoms with van der Waals surface area (Å²) in [6, 6.07) is 0. The smallest absolute Gasteiger partial charge is 0.323 e. The van der Waals surface area contributed by atoms with E-state index in [0.29, 0.717) is 6.61 Å². The highest BCUT2D eigenvalue weighted by molar-refractivity contribution is 8.14. The minimum Gasteiger partial charge on any atom is -0.493 e. The van der Waals surface area contributed by atoms with Gasteiger partial charge >= 0.3 is 5.97 Å². The first-order valence-corrected chi connectivity index (χ1v) is 4.92. The van der Waals surface area contributed by atoms with Crippen LogP contribution in [0.1, 0.15) is 6.92 Å². The normalized spacial score (nSPS) is 20.9. The summed E-state index contributed by atoms with van der Waals surface area (Å²) >= 11 is 1.11. The molecule has 0 radical (unpaired) electrons. The lowest BCUT2D eigenvalue weighted by atomic mass is 10.4. The number of thioether (sulfide) groups is 1. The molecule has 0 saturated heterocycles. The van der Waals surface area contributed by atoms with E-state index in [1.54, 1.807) is 6.92 Å². The van der Waals surface area contributed by atoms with E-state index in [4.69, 9.17) is 4.74 Å². The van der Waals surface area contributed by atoms with Crippen molar-refractivity contribution in [3.05, 3.63) is 12.0 Å². The van der Waals surface area contributed by atoms with E-state index >= 15 is 0 Å². The van der Waals surface area contributed by atoms with Gasteiger partial charge in [0.25, 0.3) is 5.23 Å². The van der Waals surface area contributed by atoms with Gasteiger partial charge in [-0.15, -0.1) is 0 Å². The first-order chi connectivity index (χ1) is 6.67. The van der Waals surface area contributed by atoms with Crippen molar-refractivity contribution in [2.24, 2.45) is 4.99 Å². The molecule has 1 rings (SSSR count). The van der Waals surface area contributed by atoms with Gasteiger partial charge in [0.1, 0.15) is 5.25 Å². The first-order valence-electron chi connectivity index (χ1n) is 4.04. The molecule has 1 unspecified atom stereocenters. The highest BCUT2D eigenvalue weighted by atomic mass is 32.2. The Balaban J connectivity index is 2.70. The molecule has 0 spiro atoms. The molecule has 0 aliphatic carbocycles. The summed E-state index contributed by atoms with van der Waals surface area (Å²) in [6.07, 6.45) is 1.32. The summed E-state index contributed by atoms with van der Waals surface area (Å²) < 4.78 is 9.62. The third-order valence-electron chi connectivity index (χ3n) is 1.44. The van der Waals surface area contributed by atoms with Gasteiger partial charge in [-0.25, -0.2) is 0 Å². The van der Waals surface area contributed by atoms with Gasteiger partial charge < -0.3 is 14.6 Å². The molecule has 1 atom stereocenters. The zero-order valence-electron chi connectivity index (χ0n) is 7.89. The van der Waals surface area contributed by atoms with Crippen LogP contribution in [-0.2, 0) is 14.3 Å². The van der Waals surface area contributed by atoms with Crippen LogP contribution in [0.3, 0.4) is 0 Å². The Hall–Kier alpha value is -1.17. The van der Waals surface area contributed by atoms with Crippen molar-refractivity contribution in [1.82, 2.24) is 0 Å². The molecule has 0 bridgehead atoms. The molecule has 6 heteroatoms. The Kier molecular flexibility index (Phi) is 3.82. The number of methoxy groups -OCH3 is 1. The second-order valence-corrected chi connectivity index (χ2v) is 3.49. The fourth-order valence-corrected chi connectivity index (χ4v) is 1.79. The van der Waals surface area contributed by atoms with Crippen LogP contribution < -0.4 is 0 Å². The summed E-state index contributed by atoms with van der Waals surface area (Å²) in [5.74, 6) is -0.656. The molecule has 0 aromatic rings. The molecule has 1 aliphatic heterocycles. The highest BCUT2D eigenvalue weighted by Gasteiger charge is 2.25. The molecule has 0 amide bonds. The fourth-order valence-electron chi connectivity index (χ4n) is 0.857. The van der Waals surface area contributed by atoms with Crippen LogP contribution in [0.5, 0.6) is 0 Å². The Labute approximate surface area is 85.8 Å². The number of hydrogen-bond donors (Lipinski definition) is 1. The van der Waals surface area contributed by atoms with Crippen LogP contribution >= 0.6 is 11.8 Å². The number of rotatable bonds is 2. The molecule has 0 aromatic heterocycles. The number of nitrogens with zero attached hydrogens (tertiary/aromatic N) is 1. The minimum atomic E-state index is -0.584. The molecular formula is C8H11NO4S. The van der Waals surface area contributed by atoms with E-state index in [1.807, 2.05) is 0 Å². The van der Waals surface area contributed by atoms with Crippen LogP contribution in [0, 0.1) is 0 Å². The molecule has 1 heterocycles. The summed E-state index contributed by atoms with van der Waals surface area (Å²) in [4.78, 5) is 14.9. The van der Waals surface area contributed by atoms with Crippen LogP contribution in [0.2, 0.25) is 0 Å².